The first-order chi connectivity index (χ1) is 13.4. The van der Waals surface area contributed by atoms with Gasteiger partial charge in [-0.3, -0.25) is 18.5 Å². The van der Waals surface area contributed by atoms with Crippen LogP contribution in [0.3, 0.4) is 0 Å². The van der Waals surface area contributed by atoms with Gasteiger partial charge >= 0.3 is 11.8 Å². The minimum Gasteiger partial charge on any atom is -0.465 e. The number of fused-ring (bicyclic) bond motifs is 1. The predicted molar refractivity (Wildman–Crippen MR) is 102 cm³/mol. The highest BCUT2D eigenvalue weighted by atomic mass is 16.4. The minimum atomic E-state index is -0.973. The summed E-state index contributed by atoms with van der Waals surface area (Å²) in [7, 11) is 1.52. The molecule has 28 heavy (non-hydrogen) atoms. The fourth-order valence-electron chi connectivity index (χ4n) is 3.30. The number of hydrogen-bond donors (Lipinski definition) is 2. The lowest BCUT2D eigenvalue weighted by Gasteiger charge is -2.33. The first-order valence-electron chi connectivity index (χ1n) is 8.84. The molecule has 1 amide bonds. The zero-order valence-electron chi connectivity index (χ0n) is 15.8. The number of aryl methyl sites for hydroxylation is 1. The van der Waals surface area contributed by atoms with Gasteiger partial charge in [-0.2, -0.15) is 4.98 Å². The van der Waals surface area contributed by atoms with Crippen molar-refractivity contribution in [3.8, 4) is 11.8 Å². The van der Waals surface area contributed by atoms with Gasteiger partial charge in [0, 0.05) is 33.2 Å². The number of aromatic nitrogens is 4. The van der Waals surface area contributed by atoms with Gasteiger partial charge in [-0.1, -0.05) is 5.92 Å². The number of carbonyl (C=O) groups is 1. The van der Waals surface area contributed by atoms with Gasteiger partial charge in [0.15, 0.2) is 11.2 Å². The maximum atomic E-state index is 12.9. The number of imidazole rings is 1. The fraction of sp³-hybridized carbons (Fsp3) is 0.529. The van der Waals surface area contributed by atoms with Gasteiger partial charge in [-0.05, 0) is 6.92 Å². The van der Waals surface area contributed by atoms with E-state index < -0.39 is 17.3 Å². The Kier molecular flexibility index (Phi) is 5.41. The standard InChI is InChI=1S/C17H22N6O5/c1-3-4-5-22-12-13(19(2)16(26)23(10-11-24)14(12)25)18-15(22)20-6-8-21(9-7-20)17(27)28/h24H,5-11H2,1-2H3,(H,27,28). The second kappa shape index (κ2) is 7.77. The predicted octanol–water partition coefficient (Wildman–Crippen LogP) is -1.29. The lowest BCUT2D eigenvalue weighted by Crippen LogP contribution is -2.49. The van der Waals surface area contributed by atoms with Crippen molar-refractivity contribution in [2.45, 2.75) is 20.0 Å². The molecular weight excluding hydrogens is 368 g/mol. The average molecular weight is 390 g/mol. The number of aliphatic hydroxyl groups excluding tert-OH is 1. The maximum Gasteiger partial charge on any atom is 0.407 e. The summed E-state index contributed by atoms with van der Waals surface area (Å²) in [5.74, 6) is 6.18. The van der Waals surface area contributed by atoms with E-state index in [-0.39, 0.29) is 30.9 Å². The van der Waals surface area contributed by atoms with Crippen molar-refractivity contribution in [1.82, 2.24) is 23.6 Å². The molecule has 3 rings (SSSR count). The Bertz CT molecular complexity index is 1080. The van der Waals surface area contributed by atoms with Crippen molar-refractivity contribution in [1.29, 1.82) is 0 Å². The normalized spacial score (nSPS) is 14.2. The van der Waals surface area contributed by atoms with Crippen LogP contribution in [0.5, 0.6) is 0 Å². The Labute approximate surface area is 160 Å². The number of carboxylic acid groups (broad SMARTS) is 1. The molecule has 1 saturated heterocycles. The van der Waals surface area contributed by atoms with Crippen molar-refractivity contribution < 1.29 is 15.0 Å². The Morgan fingerprint density at radius 1 is 1.18 bits per heavy atom. The van der Waals surface area contributed by atoms with Crippen LogP contribution in [-0.4, -0.2) is 72.7 Å². The van der Waals surface area contributed by atoms with E-state index >= 15 is 0 Å². The van der Waals surface area contributed by atoms with Gasteiger partial charge in [-0.25, -0.2) is 9.59 Å². The van der Waals surface area contributed by atoms with Crippen LogP contribution in [0.2, 0.25) is 0 Å². The average Bonchev–Trinajstić information content (AvgIpc) is 3.07. The Balaban J connectivity index is 2.17. The van der Waals surface area contributed by atoms with E-state index in [0.717, 1.165) is 4.57 Å². The van der Waals surface area contributed by atoms with Crippen LogP contribution in [0.25, 0.3) is 11.2 Å². The van der Waals surface area contributed by atoms with Crippen molar-refractivity contribution in [3.63, 3.8) is 0 Å². The van der Waals surface area contributed by atoms with E-state index in [9.17, 15) is 19.5 Å². The highest BCUT2D eigenvalue weighted by molar-refractivity contribution is 5.75. The maximum absolute atomic E-state index is 12.9. The van der Waals surface area contributed by atoms with E-state index in [2.05, 4.69) is 16.8 Å². The minimum absolute atomic E-state index is 0.112. The second-order valence-corrected chi connectivity index (χ2v) is 6.38. The molecule has 0 unspecified atom stereocenters. The van der Waals surface area contributed by atoms with Crippen LogP contribution in [-0.2, 0) is 20.1 Å². The first-order valence-corrected chi connectivity index (χ1v) is 8.84. The summed E-state index contributed by atoms with van der Waals surface area (Å²) in [6.45, 7) is 2.88. The zero-order chi connectivity index (χ0) is 20.4. The molecule has 0 aromatic carbocycles. The summed E-state index contributed by atoms with van der Waals surface area (Å²) < 4.78 is 3.91. The third-order valence-corrected chi connectivity index (χ3v) is 4.78. The van der Waals surface area contributed by atoms with Crippen LogP contribution < -0.4 is 16.1 Å². The van der Waals surface area contributed by atoms with Crippen molar-refractivity contribution in [2.75, 3.05) is 37.7 Å². The third-order valence-electron chi connectivity index (χ3n) is 4.78. The Morgan fingerprint density at radius 2 is 1.86 bits per heavy atom. The Hall–Kier alpha value is -3.26. The summed E-state index contributed by atoms with van der Waals surface area (Å²) in [4.78, 5) is 44.3. The molecule has 0 saturated carbocycles. The number of amides is 1. The smallest absolute Gasteiger partial charge is 0.407 e. The molecule has 1 aliphatic heterocycles. The Morgan fingerprint density at radius 3 is 2.43 bits per heavy atom. The third kappa shape index (κ3) is 3.22. The van der Waals surface area contributed by atoms with E-state index in [1.165, 1.54) is 16.5 Å². The molecule has 11 nitrogen and oxygen atoms in total. The molecule has 1 fully saturated rings. The molecule has 150 valence electrons. The van der Waals surface area contributed by atoms with Gasteiger partial charge in [-0.15, -0.1) is 5.92 Å². The molecule has 0 spiro atoms. The SMILES string of the molecule is CC#CCn1c(N2CCN(C(=O)O)CC2)nc2c1c(=O)n(CCO)c(=O)n2C. The first kappa shape index (κ1) is 19.5. The topological polar surface area (TPSA) is 126 Å². The lowest BCUT2D eigenvalue weighted by molar-refractivity contribution is 0.142. The van der Waals surface area contributed by atoms with Crippen LogP contribution in [0, 0.1) is 11.8 Å². The summed E-state index contributed by atoms with van der Waals surface area (Å²) in [5, 5.41) is 18.3. The summed E-state index contributed by atoms with van der Waals surface area (Å²) in [6, 6.07) is 0. The molecule has 3 heterocycles. The molecular formula is C17H22N6O5. The summed E-state index contributed by atoms with van der Waals surface area (Å²) in [5.41, 5.74) is -0.625. The number of nitrogens with zero attached hydrogens (tertiary/aromatic N) is 6. The van der Waals surface area contributed by atoms with Crippen LogP contribution in [0.1, 0.15) is 6.92 Å². The van der Waals surface area contributed by atoms with Gasteiger partial charge in [0.2, 0.25) is 5.95 Å². The molecule has 0 aliphatic carbocycles. The second-order valence-electron chi connectivity index (χ2n) is 6.38. The number of piperazine rings is 1. The zero-order valence-corrected chi connectivity index (χ0v) is 15.8. The molecule has 0 radical (unpaired) electrons. The number of aliphatic hydroxyl groups is 1. The summed E-state index contributed by atoms with van der Waals surface area (Å²) >= 11 is 0. The lowest BCUT2D eigenvalue weighted by atomic mass is 10.3. The van der Waals surface area contributed by atoms with E-state index in [4.69, 9.17) is 5.11 Å². The molecule has 0 bridgehead atoms. The van der Waals surface area contributed by atoms with Gasteiger partial charge < -0.3 is 20.0 Å². The molecule has 2 N–H and O–H groups in total. The molecule has 2 aromatic rings. The van der Waals surface area contributed by atoms with Crippen LogP contribution in [0.15, 0.2) is 9.59 Å². The highest BCUT2D eigenvalue weighted by Crippen LogP contribution is 2.21. The van der Waals surface area contributed by atoms with E-state index in [1.807, 2.05) is 4.90 Å². The van der Waals surface area contributed by atoms with Crippen molar-refractivity contribution in [3.05, 3.63) is 20.8 Å². The van der Waals surface area contributed by atoms with Crippen molar-refractivity contribution >= 4 is 23.2 Å². The fourth-order valence-corrected chi connectivity index (χ4v) is 3.30. The van der Waals surface area contributed by atoms with Crippen LogP contribution in [0.4, 0.5) is 10.7 Å². The monoisotopic (exact) mass is 390 g/mol. The molecule has 2 aromatic heterocycles. The largest absolute Gasteiger partial charge is 0.465 e. The number of hydrogen-bond acceptors (Lipinski definition) is 6. The molecule has 0 atom stereocenters. The molecule has 1 aliphatic rings. The van der Waals surface area contributed by atoms with E-state index in [0.29, 0.717) is 32.1 Å². The van der Waals surface area contributed by atoms with Gasteiger partial charge in [0.1, 0.15) is 0 Å². The van der Waals surface area contributed by atoms with E-state index in [1.54, 1.807) is 11.5 Å². The van der Waals surface area contributed by atoms with Crippen molar-refractivity contribution in [2.24, 2.45) is 7.05 Å². The number of anilines is 1. The van der Waals surface area contributed by atoms with Gasteiger partial charge in [0.25, 0.3) is 5.56 Å². The molecule has 11 heteroatoms. The highest BCUT2D eigenvalue weighted by Gasteiger charge is 2.27. The summed E-state index contributed by atoms with van der Waals surface area (Å²) in [6.07, 6.45) is -0.973. The number of rotatable bonds is 4. The quantitative estimate of drug-likeness (QED) is 0.622. The van der Waals surface area contributed by atoms with Crippen LogP contribution >= 0.6 is 0 Å². The van der Waals surface area contributed by atoms with Gasteiger partial charge in [0.05, 0.1) is 19.7 Å².